The fourth-order valence-corrected chi connectivity index (χ4v) is 1.97. The summed E-state index contributed by atoms with van der Waals surface area (Å²) in [6, 6.07) is 2.49. The molecule has 0 saturated carbocycles. The van der Waals surface area contributed by atoms with E-state index in [4.69, 9.17) is 11.1 Å². The predicted molar refractivity (Wildman–Crippen MR) is 74.0 cm³/mol. The van der Waals surface area contributed by atoms with Gasteiger partial charge in [-0.25, -0.2) is 0 Å². The van der Waals surface area contributed by atoms with Gasteiger partial charge in [0.2, 0.25) is 0 Å². The molecule has 1 aromatic rings. The average Bonchev–Trinajstić information content (AvgIpc) is 2.23. The van der Waals surface area contributed by atoms with E-state index in [1.54, 1.807) is 6.20 Å². The first kappa shape index (κ1) is 14.1. The van der Waals surface area contributed by atoms with E-state index in [1.807, 2.05) is 6.20 Å². The van der Waals surface area contributed by atoms with Gasteiger partial charge < -0.3 is 5.73 Å². The maximum Gasteiger partial charge on any atom is 0.0918 e. The fourth-order valence-electron chi connectivity index (χ4n) is 1.56. The molecule has 3 N–H and O–H groups in total. The van der Waals surface area contributed by atoms with Crippen LogP contribution in [0.2, 0.25) is 0 Å². The van der Waals surface area contributed by atoms with Gasteiger partial charge in [-0.15, -0.1) is 0 Å². The van der Waals surface area contributed by atoms with Crippen molar-refractivity contribution in [2.24, 2.45) is 5.73 Å². The molecular weight excluding hydrogens is 280 g/mol. The van der Waals surface area contributed by atoms with Gasteiger partial charge in [0, 0.05) is 42.4 Å². The lowest BCUT2D eigenvalue weighted by molar-refractivity contribution is 0.218. The molecule has 0 aromatic carbocycles. The van der Waals surface area contributed by atoms with Gasteiger partial charge in [0.1, 0.15) is 0 Å². The second-order valence-corrected chi connectivity index (χ2v) is 5.27. The number of nitrogens with one attached hydrogen (secondary N) is 1. The zero-order valence-corrected chi connectivity index (χ0v) is 11.9. The van der Waals surface area contributed by atoms with Crippen LogP contribution in [0.1, 0.15) is 25.8 Å². The molecule has 0 unspecified atom stereocenters. The van der Waals surface area contributed by atoms with Crippen LogP contribution < -0.4 is 5.73 Å². The summed E-state index contributed by atoms with van der Waals surface area (Å²) in [6.45, 7) is 5.92. The van der Waals surface area contributed by atoms with Crippen LogP contribution >= 0.6 is 15.9 Å². The lowest BCUT2D eigenvalue weighted by Crippen LogP contribution is -2.33. The van der Waals surface area contributed by atoms with Crippen LogP contribution in [-0.2, 0) is 6.54 Å². The molecule has 94 valence electrons. The molecular formula is C12H19BrN4. The number of hydrogen-bond acceptors (Lipinski definition) is 3. The number of halogens is 1. The van der Waals surface area contributed by atoms with Crippen molar-refractivity contribution >= 4 is 21.8 Å². The number of pyridine rings is 1. The summed E-state index contributed by atoms with van der Waals surface area (Å²) in [5.41, 5.74) is 6.56. The van der Waals surface area contributed by atoms with Crippen molar-refractivity contribution in [3.63, 3.8) is 0 Å². The van der Waals surface area contributed by atoms with Crippen molar-refractivity contribution in [3.8, 4) is 0 Å². The average molecular weight is 299 g/mol. The van der Waals surface area contributed by atoms with E-state index < -0.39 is 0 Å². The molecule has 0 saturated heterocycles. The van der Waals surface area contributed by atoms with Crippen LogP contribution in [-0.4, -0.2) is 28.3 Å². The third-order valence-corrected chi connectivity index (χ3v) is 2.98. The topological polar surface area (TPSA) is 66.0 Å². The summed E-state index contributed by atoms with van der Waals surface area (Å²) < 4.78 is 0.991. The quantitative estimate of drug-likeness (QED) is 0.626. The van der Waals surface area contributed by atoms with Crippen LogP contribution in [0.3, 0.4) is 0 Å². The summed E-state index contributed by atoms with van der Waals surface area (Å²) in [5, 5.41) is 7.27. The molecule has 1 heterocycles. The number of hydrogen-bond donors (Lipinski definition) is 2. The number of nitrogens with two attached hydrogens (primary N) is 1. The molecule has 0 radical (unpaired) electrons. The molecule has 1 rings (SSSR count). The smallest absolute Gasteiger partial charge is 0.0918 e. The number of rotatable bonds is 6. The summed E-state index contributed by atoms with van der Waals surface area (Å²) in [5.74, 6) is 0.239. The van der Waals surface area contributed by atoms with Crippen molar-refractivity contribution in [1.82, 2.24) is 9.88 Å². The largest absolute Gasteiger partial charge is 0.388 e. The zero-order chi connectivity index (χ0) is 12.8. The van der Waals surface area contributed by atoms with E-state index in [0.29, 0.717) is 12.5 Å². The number of nitrogens with zero attached hydrogens (tertiary/aromatic N) is 2. The highest BCUT2D eigenvalue weighted by molar-refractivity contribution is 9.10. The maximum atomic E-state index is 7.27. The van der Waals surface area contributed by atoms with E-state index in [9.17, 15) is 0 Å². The Kier molecular flexibility index (Phi) is 5.58. The summed E-state index contributed by atoms with van der Waals surface area (Å²) in [4.78, 5) is 6.43. The van der Waals surface area contributed by atoms with Crippen molar-refractivity contribution in [2.75, 3.05) is 6.54 Å². The SMILES string of the molecule is CC(C)N(CCC(=N)N)Cc1cncc(Br)c1. The fraction of sp³-hybridized carbons (Fsp3) is 0.500. The van der Waals surface area contributed by atoms with Crippen molar-refractivity contribution in [3.05, 3.63) is 28.5 Å². The van der Waals surface area contributed by atoms with Gasteiger partial charge in [-0.1, -0.05) is 0 Å². The van der Waals surface area contributed by atoms with E-state index in [0.717, 1.165) is 23.1 Å². The molecule has 0 fully saturated rings. The van der Waals surface area contributed by atoms with Crippen LogP contribution in [0.25, 0.3) is 0 Å². The molecule has 0 aliphatic rings. The molecule has 1 aromatic heterocycles. The van der Waals surface area contributed by atoms with E-state index in [1.165, 1.54) is 0 Å². The van der Waals surface area contributed by atoms with Crippen LogP contribution in [0, 0.1) is 5.41 Å². The molecule has 0 aliphatic heterocycles. The Balaban J connectivity index is 2.63. The number of aromatic nitrogens is 1. The normalized spacial score (nSPS) is 11.1. The van der Waals surface area contributed by atoms with Crippen molar-refractivity contribution in [2.45, 2.75) is 32.9 Å². The molecule has 0 bridgehead atoms. The summed E-state index contributed by atoms with van der Waals surface area (Å²) >= 11 is 3.42. The second-order valence-electron chi connectivity index (χ2n) is 4.35. The first-order valence-corrected chi connectivity index (χ1v) is 6.44. The predicted octanol–water partition coefficient (Wildman–Crippen LogP) is 2.38. The van der Waals surface area contributed by atoms with Crippen molar-refractivity contribution in [1.29, 1.82) is 5.41 Å². The van der Waals surface area contributed by atoms with E-state index in [2.05, 4.69) is 45.7 Å². The lowest BCUT2D eigenvalue weighted by Gasteiger charge is -2.26. The summed E-state index contributed by atoms with van der Waals surface area (Å²) in [7, 11) is 0. The van der Waals surface area contributed by atoms with E-state index >= 15 is 0 Å². The second kappa shape index (κ2) is 6.71. The Morgan fingerprint density at radius 2 is 2.24 bits per heavy atom. The third-order valence-electron chi connectivity index (χ3n) is 2.55. The summed E-state index contributed by atoms with van der Waals surface area (Å²) in [6.07, 6.45) is 4.26. The highest BCUT2D eigenvalue weighted by Gasteiger charge is 2.10. The Labute approximate surface area is 111 Å². The van der Waals surface area contributed by atoms with Crippen LogP contribution in [0.5, 0.6) is 0 Å². The van der Waals surface area contributed by atoms with Gasteiger partial charge in [-0.2, -0.15) is 0 Å². The van der Waals surface area contributed by atoms with Gasteiger partial charge >= 0.3 is 0 Å². The molecule has 0 spiro atoms. The standard InChI is InChI=1S/C12H19BrN4/c1-9(2)17(4-3-12(14)15)8-10-5-11(13)7-16-6-10/h5-7,9H,3-4,8H2,1-2H3,(H3,14,15). The molecule has 4 nitrogen and oxygen atoms in total. The van der Waals surface area contributed by atoms with Crippen LogP contribution in [0.4, 0.5) is 0 Å². The number of amidine groups is 1. The molecule has 5 heteroatoms. The van der Waals surface area contributed by atoms with Gasteiger partial charge in [0.25, 0.3) is 0 Å². The Hall–Kier alpha value is -0.940. The first-order chi connectivity index (χ1) is 7.99. The third kappa shape index (κ3) is 5.28. The van der Waals surface area contributed by atoms with Gasteiger partial charge in [-0.05, 0) is 41.4 Å². The first-order valence-electron chi connectivity index (χ1n) is 5.65. The maximum absolute atomic E-state index is 7.27. The van der Waals surface area contributed by atoms with Gasteiger partial charge in [0.05, 0.1) is 5.84 Å². The molecule has 0 aliphatic carbocycles. The van der Waals surface area contributed by atoms with Crippen LogP contribution in [0.15, 0.2) is 22.9 Å². The van der Waals surface area contributed by atoms with Gasteiger partial charge in [0.15, 0.2) is 0 Å². The molecule has 17 heavy (non-hydrogen) atoms. The Morgan fingerprint density at radius 3 is 2.76 bits per heavy atom. The molecule has 0 amide bonds. The monoisotopic (exact) mass is 298 g/mol. The Morgan fingerprint density at radius 1 is 1.53 bits per heavy atom. The minimum absolute atomic E-state index is 0.239. The van der Waals surface area contributed by atoms with Gasteiger partial charge in [-0.3, -0.25) is 15.3 Å². The Bertz CT molecular complexity index is 379. The highest BCUT2D eigenvalue weighted by atomic mass is 79.9. The molecule has 0 atom stereocenters. The zero-order valence-electron chi connectivity index (χ0n) is 10.3. The highest BCUT2D eigenvalue weighted by Crippen LogP contribution is 2.13. The van der Waals surface area contributed by atoms with Crippen molar-refractivity contribution < 1.29 is 0 Å². The van der Waals surface area contributed by atoms with E-state index in [-0.39, 0.29) is 5.84 Å². The lowest BCUT2D eigenvalue weighted by atomic mass is 10.2. The minimum atomic E-state index is 0.239. The minimum Gasteiger partial charge on any atom is -0.388 e.